The van der Waals surface area contributed by atoms with E-state index in [2.05, 4.69) is 26.0 Å². The van der Waals surface area contributed by atoms with Gasteiger partial charge in [-0.25, -0.2) is 0 Å². The largest absolute Gasteiger partial charge is 0.321 e. The quantitative estimate of drug-likeness (QED) is 0.683. The normalized spacial score (nSPS) is 21.4. The monoisotopic (exact) mass is 298 g/mol. The summed E-state index contributed by atoms with van der Waals surface area (Å²) in [7, 11) is 0. The van der Waals surface area contributed by atoms with Crippen molar-refractivity contribution in [3.8, 4) is 6.07 Å². The highest BCUT2D eigenvalue weighted by Gasteiger charge is 2.41. The lowest BCUT2D eigenvalue weighted by Gasteiger charge is -2.35. The third-order valence-electron chi connectivity index (χ3n) is 5.46. The third kappa shape index (κ3) is 3.36. The molecule has 0 fully saturated rings. The summed E-state index contributed by atoms with van der Waals surface area (Å²) >= 11 is 0. The first-order chi connectivity index (χ1) is 10.7. The van der Waals surface area contributed by atoms with Crippen LogP contribution in [0.4, 0.5) is 0 Å². The zero-order valence-corrected chi connectivity index (χ0v) is 14.2. The molecule has 0 aromatic heterocycles. The molecule has 0 bridgehead atoms. The van der Waals surface area contributed by atoms with Gasteiger partial charge >= 0.3 is 0 Å². The molecule has 2 unspecified atom stereocenters. The number of benzene rings is 1. The molecular formula is C20H30N2. The smallest absolute Gasteiger partial charge is 0.0994 e. The first kappa shape index (κ1) is 17.0. The van der Waals surface area contributed by atoms with Gasteiger partial charge in [-0.1, -0.05) is 64.5 Å². The maximum absolute atomic E-state index is 9.30. The van der Waals surface area contributed by atoms with Crippen LogP contribution >= 0.6 is 0 Å². The van der Waals surface area contributed by atoms with Crippen LogP contribution in [-0.2, 0) is 12.0 Å². The van der Waals surface area contributed by atoms with E-state index in [1.165, 1.54) is 49.7 Å². The van der Waals surface area contributed by atoms with Gasteiger partial charge in [0.2, 0.25) is 0 Å². The van der Waals surface area contributed by atoms with E-state index in [1.54, 1.807) is 0 Å². The third-order valence-corrected chi connectivity index (χ3v) is 5.46. The van der Waals surface area contributed by atoms with Crippen molar-refractivity contribution in [2.24, 2.45) is 11.7 Å². The molecule has 22 heavy (non-hydrogen) atoms. The van der Waals surface area contributed by atoms with Gasteiger partial charge in [-0.2, -0.15) is 5.26 Å². The molecular weight excluding hydrogens is 268 g/mol. The predicted molar refractivity (Wildman–Crippen MR) is 92.5 cm³/mol. The molecule has 1 aliphatic rings. The molecule has 0 radical (unpaired) electrons. The minimum absolute atomic E-state index is 0.221. The molecule has 0 aliphatic heterocycles. The number of unbranched alkanes of at least 4 members (excludes halogenated alkanes) is 4. The highest BCUT2D eigenvalue weighted by Crippen LogP contribution is 2.44. The van der Waals surface area contributed by atoms with Gasteiger partial charge in [0.1, 0.15) is 0 Å². The van der Waals surface area contributed by atoms with Crippen molar-refractivity contribution in [3.63, 3.8) is 0 Å². The summed E-state index contributed by atoms with van der Waals surface area (Å²) in [5.74, 6) is 0.532. The van der Waals surface area contributed by atoms with Gasteiger partial charge in [-0.3, -0.25) is 0 Å². The van der Waals surface area contributed by atoms with Crippen LogP contribution in [-0.4, -0.2) is 0 Å². The molecule has 0 amide bonds. The molecule has 0 spiro atoms. The standard InChI is InChI=1S/C20H30N2/c1-3-5-6-7-8-11-17(4-2)20(22)14-13-18-16(15-21)10-9-12-19(18)20/h9-10,12,17H,3-8,11,13-14,22H2,1-2H3. The summed E-state index contributed by atoms with van der Waals surface area (Å²) in [6, 6.07) is 8.41. The molecule has 2 atom stereocenters. The van der Waals surface area contributed by atoms with Gasteiger partial charge in [0.25, 0.3) is 0 Å². The Morgan fingerprint density at radius 3 is 2.68 bits per heavy atom. The fourth-order valence-electron chi connectivity index (χ4n) is 4.11. The summed E-state index contributed by atoms with van der Waals surface area (Å²) in [6.45, 7) is 4.52. The molecule has 2 heteroatoms. The van der Waals surface area contributed by atoms with E-state index in [0.717, 1.165) is 24.8 Å². The van der Waals surface area contributed by atoms with Gasteiger partial charge in [0.05, 0.1) is 11.6 Å². The van der Waals surface area contributed by atoms with E-state index in [4.69, 9.17) is 5.73 Å². The Kier molecular flexibility index (Phi) is 6.03. The Bertz CT molecular complexity index is 529. The van der Waals surface area contributed by atoms with Gasteiger partial charge in [-0.05, 0) is 42.4 Å². The van der Waals surface area contributed by atoms with E-state index in [0.29, 0.717) is 5.92 Å². The van der Waals surface area contributed by atoms with Crippen molar-refractivity contribution < 1.29 is 0 Å². The molecule has 0 heterocycles. The molecule has 120 valence electrons. The molecule has 2 N–H and O–H groups in total. The molecule has 1 aliphatic carbocycles. The second-order valence-electron chi connectivity index (χ2n) is 6.79. The second-order valence-corrected chi connectivity index (χ2v) is 6.79. The van der Waals surface area contributed by atoms with Crippen LogP contribution in [0.15, 0.2) is 18.2 Å². The molecule has 1 aromatic rings. The van der Waals surface area contributed by atoms with Crippen molar-refractivity contribution in [1.82, 2.24) is 0 Å². The SMILES string of the molecule is CCCCCCCC(CC)C1(N)CCc2c(C#N)cccc21. The number of nitrogens with two attached hydrogens (primary N) is 1. The number of fused-ring (bicyclic) bond motifs is 1. The first-order valence-electron chi connectivity index (χ1n) is 8.98. The second kappa shape index (κ2) is 7.79. The Morgan fingerprint density at radius 2 is 2.00 bits per heavy atom. The van der Waals surface area contributed by atoms with Crippen molar-refractivity contribution in [2.45, 2.75) is 77.2 Å². The van der Waals surface area contributed by atoms with E-state index in [9.17, 15) is 5.26 Å². The molecule has 2 rings (SSSR count). The summed E-state index contributed by atoms with van der Waals surface area (Å²) < 4.78 is 0. The van der Waals surface area contributed by atoms with Crippen LogP contribution < -0.4 is 5.73 Å². The minimum atomic E-state index is -0.221. The van der Waals surface area contributed by atoms with E-state index in [1.807, 2.05) is 12.1 Å². The molecule has 2 nitrogen and oxygen atoms in total. The van der Waals surface area contributed by atoms with E-state index < -0.39 is 0 Å². The zero-order chi connectivity index (χ0) is 16.0. The number of rotatable bonds is 8. The maximum Gasteiger partial charge on any atom is 0.0994 e. The number of nitriles is 1. The van der Waals surface area contributed by atoms with Crippen LogP contribution in [0.25, 0.3) is 0 Å². The van der Waals surface area contributed by atoms with Crippen LogP contribution in [0.2, 0.25) is 0 Å². The number of hydrogen-bond donors (Lipinski definition) is 1. The highest BCUT2D eigenvalue weighted by molar-refractivity contribution is 5.49. The highest BCUT2D eigenvalue weighted by atomic mass is 14.8. The number of nitrogens with zero attached hydrogens (tertiary/aromatic N) is 1. The zero-order valence-electron chi connectivity index (χ0n) is 14.2. The lowest BCUT2D eigenvalue weighted by molar-refractivity contribution is 0.242. The fraction of sp³-hybridized carbons (Fsp3) is 0.650. The molecule has 1 aromatic carbocycles. The van der Waals surface area contributed by atoms with Crippen LogP contribution in [0.1, 0.15) is 81.9 Å². The Labute approximate surface area is 135 Å². The lowest BCUT2D eigenvalue weighted by atomic mass is 9.75. The van der Waals surface area contributed by atoms with E-state index >= 15 is 0 Å². The van der Waals surface area contributed by atoms with Gasteiger partial charge in [0.15, 0.2) is 0 Å². The summed E-state index contributed by atoms with van der Waals surface area (Å²) in [5.41, 5.74) is 9.93. The first-order valence-corrected chi connectivity index (χ1v) is 8.98. The lowest BCUT2D eigenvalue weighted by Crippen LogP contribution is -2.42. The Morgan fingerprint density at radius 1 is 1.23 bits per heavy atom. The summed E-state index contributed by atoms with van der Waals surface area (Å²) in [5, 5.41) is 9.30. The van der Waals surface area contributed by atoms with Crippen LogP contribution in [0.5, 0.6) is 0 Å². The van der Waals surface area contributed by atoms with Gasteiger partial charge in [0, 0.05) is 5.54 Å². The van der Waals surface area contributed by atoms with Crippen molar-refractivity contribution in [1.29, 1.82) is 5.26 Å². The predicted octanol–water partition coefficient (Wildman–Crippen LogP) is 5.05. The topological polar surface area (TPSA) is 49.8 Å². The minimum Gasteiger partial charge on any atom is -0.321 e. The molecule has 0 saturated carbocycles. The maximum atomic E-state index is 9.30. The molecule has 0 saturated heterocycles. The van der Waals surface area contributed by atoms with Crippen LogP contribution in [0, 0.1) is 17.2 Å². The average Bonchev–Trinajstić information content (AvgIpc) is 2.89. The Balaban J connectivity index is 2.09. The van der Waals surface area contributed by atoms with Crippen molar-refractivity contribution in [3.05, 3.63) is 34.9 Å². The summed E-state index contributed by atoms with van der Waals surface area (Å²) in [6.07, 6.45) is 10.9. The number of hydrogen-bond acceptors (Lipinski definition) is 2. The average molecular weight is 298 g/mol. The van der Waals surface area contributed by atoms with Crippen LogP contribution in [0.3, 0.4) is 0 Å². The van der Waals surface area contributed by atoms with Gasteiger partial charge < -0.3 is 5.73 Å². The fourth-order valence-corrected chi connectivity index (χ4v) is 4.11. The summed E-state index contributed by atoms with van der Waals surface area (Å²) in [4.78, 5) is 0. The van der Waals surface area contributed by atoms with Crippen molar-refractivity contribution in [2.75, 3.05) is 0 Å². The van der Waals surface area contributed by atoms with E-state index in [-0.39, 0.29) is 5.54 Å². The van der Waals surface area contributed by atoms with Gasteiger partial charge in [-0.15, -0.1) is 0 Å². The van der Waals surface area contributed by atoms with Crippen molar-refractivity contribution >= 4 is 0 Å². The Hall–Kier alpha value is -1.33.